The summed E-state index contributed by atoms with van der Waals surface area (Å²) in [5.41, 5.74) is 2.62. The Morgan fingerprint density at radius 2 is 1.81 bits per heavy atom. The average molecular weight is 284 g/mol. The number of pyridine rings is 1. The van der Waals surface area contributed by atoms with Gasteiger partial charge in [0.25, 0.3) is 0 Å². The van der Waals surface area contributed by atoms with E-state index >= 15 is 0 Å². The highest BCUT2D eigenvalue weighted by Gasteiger charge is 2.17. The normalized spacial score (nSPS) is 16.8. The van der Waals surface area contributed by atoms with Crippen molar-refractivity contribution in [2.45, 2.75) is 13.0 Å². The van der Waals surface area contributed by atoms with Gasteiger partial charge in [-0.1, -0.05) is 36.4 Å². The van der Waals surface area contributed by atoms with Crippen molar-refractivity contribution in [3.05, 3.63) is 59.3 Å². The maximum absolute atomic E-state index is 10.5. The number of aliphatic hydroxyl groups excluding tert-OH is 1. The second-order valence-corrected chi connectivity index (χ2v) is 5.26. The third kappa shape index (κ3) is 3.06. The van der Waals surface area contributed by atoms with Crippen LogP contribution in [0.25, 0.3) is 0 Å². The minimum absolute atomic E-state index is 0.627. The Balaban J connectivity index is 1.84. The van der Waals surface area contributed by atoms with Crippen LogP contribution in [0.3, 0.4) is 0 Å². The zero-order valence-electron chi connectivity index (χ0n) is 12.2. The molecule has 4 nitrogen and oxygen atoms in total. The number of aryl methyl sites for hydroxylation is 1. The number of benzene rings is 1. The van der Waals surface area contributed by atoms with E-state index in [0.717, 1.165) is 48.9 Å². The summed E-state index contributed by atoms with van der Waals surface area (Å²) in [6, 6.07) is 13.6. The number of aliphatic hydroxyl groups is 1. The van der Waals surface area contributed by atoms with Crippen molar-refractivity contribution in [3.8, 4) is 0 Å². The fourth-order valence-corrected chi connectivity index (χ4v) is 2.63. The van der Waals surface area contributed by atoms with Crippen molar-refractivity contribution in [1.82, 2.24) is 4.98 Å². The van der Waals surface area contributed by atoms with Crippen LogP contribution in [0, 0.1) is 6.92 Å². The largest absolute Gasteiger partial charge is 0.384 e. The lowest BCUT2D eigenvalue weighted by atomic mass is 10.0. The van der Waals surface area contributed by atoms with Gasteiger partial charge in [-0.3, -0.25) is 0 Å². The van der Waals surface area contributed by atoms with Crippen LogP contribution in [0.1, 0.15) is 22.9 Å². The minimum Gasteiger partial charge on any atom is -0.384 e. The van der Waals surface area contributed by atoms with E-state index in [2.05, 4.69) is 9.88 Å². The number of nitrogens with zero attached hydrogens (tertiary/aromatic N) is 2. The summed E-state index contributed by atoms with van der Waals surface area (Å²) >= 11 is 0. The first kappa shape index (κ1) is 14.0. The molecule has 1 aromatic heterocycles. The van der Waals surface area contributed by atoms with Crippen LogP contribution in [-0.2, 0) is 4.74 Å². The molecule has 21 heavy (non-hydrogen) atoms. The zero-order chi connectivity index (χ0) is 14.7. The second kappa shape index (κ2) is 6.24. The number of rotatable bonds is 3. The first-order valence-electron chi connectivity index (χ1n) is 7.29. The molecule has 1 saturated heterocycles. The summed E-state index contributed by atoms with van der Waals surface area (Å²) in [7, 11) is 0. The standard InChI is InChI=1S/C17H20N2O2/c1-13-15(17(20)14-5-3-2-4-6-14)7-8-16(18-13)19-9-11-21-12-10-19/h2-8,17,20H,9-12H2,1H3. The van der Waals surface area contributed by atoms with Crippen LogP contribution in [0.15, 0.2) is 42.5 Å². The van der Waals surface area contributed by atoms with E-state index in [1.807, 2.05) is 49.4 Å². The molecule has 0 aliphatic carbocycles. The third-order valence-electron chi connectivity index (χ3n) is 3.86. The van der Waals surface area contributed by atoms with Gasteiger partial charge in [-0.2, -0.15) is 0 Å². The molecule has 1 fully saturated rings. The Morgan fingerprint density at radius 3 is 2.48 bits per heavy atom. The van der Waals surface area contributed by atoms with Crippen LogP contribution in [-0.4, -0.2) is 36.4 Å². The summed E-state index contributed by atoms with van der Waals surface area (Å²) in [5, 5.41) is 10.5. The molecule has 0 spiro atoms. The quantitative estimate of drug-likeness (QED) is 0.939. The van der Waals surface area contributed by atoms with Gasteiger partial charge < -0.3 is 14.7 Å². The molecule has 0 bridgehead atoms. The predicted molar refractivity (Wildman–Crippen MR) is 82.5 cm³/mol. The number of ether oxygens (including phenoxy) is 1. The van der Waals surface area contributed by atoms with Gasteiger partial charge in [0.2, 0.25) is 0 Å². The van der Waals surface area contributed by atoms with Gasteiger partial charge in [-0.15, -0.1) is 0 Å². The Morgan fingerprint density at radius 1 is 1.10 bits per heavy atom. The Bertz CT molecular complexity index is 595. The summed E-state index contributed by atoms with van der Waals surface area (Å²) in [4.78, 5) is 6.87. The highest BCUT2D eigenvalue weighted by atomic mass is 16.5. The number of hydrogen-bond donors (Lipinski definition) is 1. The van der Waals surface area contributed by atoms with Crippen molar-refractivity contribution in [1.29, 1.82) is 0 Å². The molecule has 2 aromatic rings. The lowest BCUT2D eigenvalue weighted by molar-refractivity contribution is 0.122. The predicted octanol–water partition coefficient (Wildman–Crippen LogP) is 2.31. The van der Waals surface area contributed by atoms with E-state index < -0.39 is 6.10 Å². The van der Waals surface area contributed by atoms with Gasteiger partial charge in [-0.25, -0.2) is 4.98 Å². The summed E-state index contributed by atoms with van der Waals surface area (Å²) in [6.07, 6.45) is -0.627. The lowest BCUT2D eigenvalue weighted by Gasteiger charge is -2.28. The fourth-order valence-electron chi connectivity index (χ4n) is 2.63. The summed E-state index contributed by atoms with van der Waals surface area (Å²) in [5.74, 6) is 0.958. The van der Waals surface area contributed by atoms with Crippen molar-refractivity contribution in [2.24, 2.45) is 0 Å². The van der Waals surface area contributed by atoms with Crippen molar-refractivity contribution in [3.63, 3.8) is 0 Å². The van der Waals surface area contributed by atoms with Gasteiger partial charge in [0.05, 0.1) is 13.2 Å². The van der Waals surface area contributed by atoms with E-state index in [1.165, 1.54) is 0 Å². The first-order valence-corrected chi connectivity index (χ1v) is 7.29. The van der Waals surface area contributed by atoms with Crippen molar-refractivity contribution >= 4 is 5.82 Å². The number of anilines is 1. The van der Waals surface area contributed by atoms with Gasteiger partial charge >= 0.3 is 0 Å². The van der Waals surface area contributed by atoms with E-state index in [9.17, 15) is 5.11 Å². The van der Waals surface area contributed by atoms with Gasteiger partial charge in [0.1, 0.15) is 11.9 Å². The summed E-state index contributed by atoms with van der Waals surface area (Å²) < 4.78 is 5.36. The maximum atomic E-state index is 10.5. The summed E-state index contributed by atoms with van der Waals surface area (Å²) in [6.45, 7) is 5.18. The fraction of sp³-hybridized carbons (Fsp3) is 0.353. The van der Waals surface area contributed by atoms with Gasteiger partial charge in [0, 0.05) is 24.3 Å². The maximum Gasteiger partial charge on any atom is 0.128 e. The molecule has 4 heteroatoms. The first-order chi connectivity index (χ1) is 10.3. The highest BCUT2D eigenvalue weighted by Crippen LogP contribution is 2.25. The topological polar surface area (TPSA) is 45.6 Å². The molecule has 0 amide bonds. The molecule has 1 aromatic carbocycles. The van der Waals surface area contributed by atoms with Crippen LogP contribution in [0.5, 0.6) is 0 Å². The molecule has 110 valence electrons. The third-order valence-corrected chi connectivity index (χ3v) is 3.86. The smallest absolute Gasteiger partial charge is 0.128 e. The molecule has 1 aliphatic heterocycles. The molecule has 0 saturated carbocycles. The molecule has 1 unspecified atom stereocenters. The van der Waals surface area contributed by atoms with Crippen molar-refractivity contribution < 1.29 is 9.84 Å². The molecular formula is C17H20N2O2. The monoisotopic (exact) mass is 284 g/mol. The number of aromatic nitrogens is 1. The zero-order valence-corrected chi connectivity index (χ0v) is 12.2. The van der Waals surface area contributed by atoms with Crippen LogP contribution in [0.4, 0.5) is 5.82 Å². The van der Waals surface area contributed by atoms with Crippen LogP contribution >= 0.6 is 0 Å². The molecule has 1 aliphatic rings. The van der Waals surface area contributed by atoms with Crippen molar-refractivity contribution in [2.75, 3.05) is 31.2 Å². The molecule has 0 radical (unpaired) electrons. The van der Waals surface area contributed by atoms with Gasteiger partial charge in [0.15, 0.2) is 0 Å². The Kier molecular flexibility index (Phi) is 4.18. The van der Waals surface area contributed by atoms with E-state index in [4.69, 9.17) is 4.74 Å². The molecular weight excluding hydrogens is 264 g/mol. The SMILES string of the molecule is Cc1nc(N2CCOCC2)ccc1C(O)c1ccccc1. The van der Waals surface area contributed by atoms with Crippen LogP contribution < -0.4 is 4.90 Å². The molecule has 1 N–H and O–H groups in total. The average Bonchev–Trinajstić information content (AvgIpc) is 2.56. The van der Waals surface area contributed by atoms with Gasteiger partial charge in [-0.05, 0) is 18.6 Å². The van der Waals surface area contributed by atoms with Crippen LogP contribution in [0.2, 0.25) is 0 Å². The second-order valence-electron chi connectivity index (χ2n) is 5.26. The Hall–Kier alpha value is -1.91. The van der Waals surface area contributed by atoms with E-state index in [1.54, 1.807) is 0 Å². The highest BCUT2D eigenvalue weighted by molar-refractivity contribution is 5.44. The number of hydrogen-bond acceptors (Lipinski definition) is 4. The number of morpholine rings is 1. The van der Waals surface area contributed by atoms with E-state index in [-0.39, 0.29) is 0 Å². The molecule has 3 rings (SSSR count). The lowest BCUT2D eigenvalue weighted by Crippen LogP contribution is -2.36. The Labute approximate surface area is 125 Å². The minimum atomic E-state index is -0.627. The van der Waals surface area contributed by atoms with E-state index in [0.29, 0.717) is 0 Å². The molecule has 1 atom stereocenters. The molecule has 2 heterocycles.